The van der Waals surface area contributed by atoms with Crippen molar-refractivity contribution in [2.24, 2.45) is 0 Å². The summed E-state index contributed by atoms with van der Waals surface area (Å²) >= 11 is 6.11. The molecular weight excluding hydrogens is 412 g/mol. The smallest absolute Gasteiger partial charge is 0.319 e. The first kappa shape index (κ1) is 21.2. The Morgan fingerprint density at radius 3 is 2.39 bits per heavy atom. The first-order chi connectivity index (χ1) is 15.0. The molecule has 0 aliphatic heterocycles. The summed E-state index contributed by atoms with van der Waals surface area (Å²) in [5.74, 6) is 1.55. The van der Waals surface area contributed by atoms with Gasteiger partial charge >= 0.3 is 6.03 Å². The largest absolute Gasteiger partial charge is 0.362 e. The van der Waals surface area contributed by atoms with Crippen molar-refractivity contribution in [1.29, 1.82) is 0 Å². The molecule has 0 atom stereocenters. The van der Waals surface area contributed by atoms with Gasteiger partial charge in [0.2, 0.25) is 5.95 Å². The van der Waals surface area contributed by atoms with Gasteiger partial charge in [0.15, 0.2) is 0 Å². The highest BCUT2D eigenvalue weighted by atomic mass is 35.5. The van der Waals surface area contributed by atoms with Crippen LogP contribution in [0.15, 0.2) is 48.5 Å². The number of amides is 2. The van der Waals surface area contributed by atoms with Crippen molar-refractivity contribution in [2.45, 2.75) is 37.8 Å². The number of carbonyl (C=O) groups is 1. The van der Waals surface area contributed by atoms with E-state index in [9.17, 15) is 4.79 Å². The Morgan fingerprint density at radius 2 is 1.65 bits per heavy atom. The zero-order chi connectivity index (χ0) is 21.8. The Morgan fingerprint density at radius 1 is 0.968 bits per heavy atom. The van der Waals surface area contributed by atoms with E-state index >= 15 is 0 Å². The number of anilines is 3. The highest BCUT2D eigenvalue weighted by Gasteiger charge is 2.23. The molecule has 0 bridgehead atoms. The molecule has 1 aliphatic rings. The van der Waals surface area contributed by atoms with Gasteiger partial charge in [-0.25, -0.2) is 9.78 Å². The average Bonchev–Trinajstić information content (AvgIpc) is 2.76. The Labute approximate surface area is 187 Å². The van der Waals surface area contributed by atoms with Gasteiger partial charge in [0.25, 0.3) is 0 Å². The number of urea groups is 1. The quantitative estimate of drug-likeness (QED) is 0.528. The lowest BCUT2D eigenvalue weighted by atomic mass is 9.91. The fourth-order valence-corrected chi connectivity index (χ4v) is 4.12. The third-order valence-electron chi connectivity index (χ3n) is 5.52. The number of rotatable bonds is 5. The molecule has 0 unspecified atom stereocenters. The number of halogens is 1. The number of para-hydroxylation sites is 2. The monoisotopic (exact) mass is 438 g/mol. The second-order valence-electron chi connectivity index (χ2n) is 8.05. The predicted molar refractivity (Wildman–Crippen MR) is 127 cm³/mol. The fraction of sp³-hybridized carbons (Fsp3) is 0.348. The summed E-state index contributed by atoms with van der Waals surface area (Å²) in [6, 6.07) is 15.4. The first-order valence-corrected chi connectivity index (χ1v) is 10.9. The van der Waals surface area contributed by atoms with E-state index in [1.54, 1.807) is 12.1 Å². The van der Waals surface area contributed by atoms with Crippen LogP contribution in [0.2, 0.25) is 5.02 Å². The maximum atomic E-state index is 12.3. The van der Waals surface area contributed by atoms with Gasteiger partial charge in [0.1, 0.15) is 5.82 Å². The van der Waals surface area contributed by atoms with E-state index in [-0.39, 0.29) is 18.1 Å². The van der Waals surface area contributed by atoms with Gasteiger partial charge in [-0.3, -0.25) is 0 Å². The second kappa shape index (κ2) is 9.39. The van der Waals surface area contributed by atoms with Crippen molar-refractivity contribution in [3.05, 3.63) is 53.6 Å². The van der Waals surface area contributed by atoms with Crippen LogP contribution in [0.3, 0.4) is 0 Å². The van der Waals surface area contributed by atoms with Crippen molar-refractivity contribution in [2.75, 3.05) is 29.6 Å². The minimum absolute atomic E-state index is 0.135. The molecule has 3 aromatic rings. The third-order valence-corrected chi connectivity index (χ3v) is 5.85. The molecule has 1 fully saturated rings. The molecule has 1 heterocycles. The number of carbonyl (C=O) groups excluding carboxylic acids is 1. The van der Waals surface area contributed by atoms with Crippen LogP contribution in [0.25, 0.3) is 10.9 Å². The van der Waals surface area contributed by atoms with Gasteiger partial charge in [-0.15, -0.1) is 0 Å². The van der Waals surface area contributed by atoms with Gasteiger partial charge in [-0.2, -0.15) is 4.98 Å². The maximum Gasteiger partial charge on any atom is 0.319 e. The van der Waals surface area contributed by atoms with Crippen LogP contribution in [-0.2, 0) is 0 Å². The van der Waals surface area contributed by atoms with Gasteiger partial charge < -0.3 is 20.9 Å². The van der Waals surface area contributed by atoms with Crippen LogP contribution in [0.5, 0.6) is 0 Å². The molecule has 31 heavy (non-hydrogen) atoms. The Hall–Kier alpha value is -3.06. The van der Waals surface area contributed by atoms with Crippen molar-refractivity contribution >= 4 is 46.0 Å². The predicted octanol–water partition coefficient (Wildman–Crippen LogP) is 4.89. The summed E-state index contributed by atoms with van der Waals surface area (Å²) in [4.78, 5) is 23.7. The average molecular weight is 439 g/mol. The van der Waals surface area contributed by atoms with E-state index in [1.165, 1.54) is 0 Å². The highest BCUT2D eigenvalue weighted by molar-refractivity contribution is 6.33. The zero-order valence-corrected chi connectivity index (χ0v) is 18.5. The van der Waals surface area contributed by atoms with Gasteiger partial charge in [0.05, 0.1) is 16.2 Å². The Balaban J connectivity index is 1.33. The molecule has 2 aromatic carbocycles. The van der Waals surface area contributed by atoms with E-state index in [1.807, 2.05) is 55.4 Å². The van der Waals surface area contributed by atoms with Crippen LogP contribution in [0.4, 0.5) is 22.2 Å². The lowest BCUT2D eigenvalue weighted by molar-refractivity contribution is 0.243. The van der Waals surface area contributed by atoms with Crippen LogP contribution in [0, 0.1) is 0 Å². The molecule has 1 aromatic heterocycles. The number of hydrogen-bond donors (Lipinski definition) is 3. The van der Waals surface area contributed by atoms with E-state index < -0.39 is 0 Å². The normalized spacial score (nSPS) is 18.4. The molecule has 3 N–H and O–H groups in total. The van der Waals surface area contributed by atoms with Crippen LogP contribution < -0.4 is 20.9 Å². The molecule has 0 saturated heterocycles. The van der Waals surface area contributed by atoms with Crippen molar-refractivity contribution in [3.63, 3.8) is 0 Å². The summed E-state index contributed by atoms with van der Waals surface area (Å²) in [5.41, 5.74) is 1.54. The second-order valence-corrected chi connectivity index (χ2v) is 8.46. The van der Waals surface area contributed by atoms with Crippen molar-refractivity contribution in [3.8, 4) is 0 Å². The number of nitrogens with one attached hydrogen (secondary N) is 3. The molecule has 8 heteroatoms. The van der Waals surface area contributed by atoms with Crippen LogP contribution in [0.1, 0.15) is 25.7 Å². The highest BCUT2D eigenvalue weighted by Crippen LogP contribution is 2.26. The summed E-state index contributed by atoms with van der Waals surface area (Å²) in [7, 11) is 3.98. The summed E-state index contributed by atoms with van der Waals surface area (Å²) in [6.45, 7) is 0. The Bertz CT molecular complexity index is 1060. The SMILES string of the molecule is CN(C)c1nc(NC2CCC(NC(=O)Nc3ccccc3Cl)CC2)nc2ccccc12. The number of benzene rings is 2. The van der Waals surface area contributed by atoms with E-state index in [0.717, 1.165) is 42.4 Å². The van der Waals surface area contributed by atoms with Gasteiger partial charge in [-0.1, -0.05) is 35.9 Å². The molecule has 4 rings (SSSR count). The molecule has 162 valence electrons. The fourth-order valence-electron chi connectivity index (χ4n) is 3.94. The molecule has 1 saturated carbocycles. The maximum absolute atomic E-state index is 12.3. The molecule has 0 spiro atoms. The minimum Gasteiger partial charge on any atom is -0.362 e. The van der Waals surface area contributed by atoms with Gasteiger partial charge in [0, 0.05) is 31.6 Å². The molecule has 7 nitrogen and oxygen atoms in total. The molecule has 1 aliphatic carbocycles. The minimum atomic E-state index is -0.224. The lowest BCUT2D eigenvalue weighted by Crippen LogP contribution is -2.42. The lowest BCUT2D eigenvalue weighted by Gasteiger charge is -2.30. The van der Waals surface area contributed by atoms with Crippen LogP contribution in [-0.4, -0.2) is 42.2 Å². The summed E-state index contributed by atoms with van der Waals surface area (Å²) in [6.07, 6.45) is 3.65. The number of fused-ring (bicyclic) bond motifs is 1. The zero-order valence-electron chi connectivity index (χ0n) is 17.7. The summed E-state index contributed by atoms with van der Waals surface area (Å²) < 4.78 is 0. The number of aromatic nitrogens is 2. The molecule has 2 amide bonds. The molecular formula is C23H27ClN6O. The van der Waals surface area contributed by atoms with E-state index in [0.29, 0.717) is 16.7 Å². The van der Waals surface area contributed by atoms with Crippen molar-refractivity contribution < 1.29 is 4.79 Å². The van der Waals surface area contributed by atoms with E-state index in [4.69, 9.17) is 21.6 Å². The Kier molecular flexibility index (Phi) is 6.42. The summed E-state index contributed by atoms with van der Waals surface area (Å²) in [5, 5.41) is 10.9. The molecule has 0 radical (unpaired) electrons. The number of hydrogen-bond acceptors (Lipinski definition) is 5. The van der Waals surface area contributed by atoms with Crippen molar-refractivity contribution in [1.82, 2.24) is 15.3 Å². The van der Waals surface area contributed by atoms with Gasteiger partial charge in [-0.05, 0) is 49.9 Å². The number of nitrogens with zero attached hydrogens (tertiary/aromatic N) is 3. The van der Waals surface area contributed by atoms with E-state index in [2.05, 4.69) is 16.0 Å². The first-order valence-electron chi connectivity index (χ1n) is 10.5. The third kappa shape index (κ3) is 5.17. The topological polar surface area (TPSA) is 82.2 Å². The van der Waals surface area contributed by atoms with Crippen LogP contribution >= 0.6 is 11.6 Å². The standard InChI is InChI=1S/C23H27ClN6O/c1-30(2)21-17-7-3-5-9-19(17)27-22(29-21)25-15-11-13-16(14-12-15)26-23(31)28-20-10-6-4-8-18(20)24/h3-10,15-16H,11-14H2,1-2H3,(H,25,27,29)(H2,26,28,31).